The Bertz CT molecular complexity index is 612. The number of hydrogen-bond donors (Lipinski definition) is 0. The summed E-state index contributed by atoms with van der Waals surface area (Å²) in [6.07, 6.45) is 1.74. The van der Waals surface area contributed by atoms with Gasteiger partial charge in [-0.25, -0.2) is 4.79 Å². The molecule has 4 heteroatoms. The van der Waals surface area contributed by atoms with E-state index in [9.17, 15) is 9.59 Å². The minimum absolute atomic E-state index is 0.0363. The number of methoxy groups -OCH3 is 1. The van der Waals surface area contributed by atoms with E-state index in [0.717, 1.165) is 4.88 Å². The number of rotatable bonds is 5. The van der Waals surface area contributed by atoms with Crippen LogP contribution in [0.1, 0.15) is 21.7 Å². The molecule has 20 heavy (non-hydrogen) atoms. The standard InChI is InChI=1S/C16H14O3S/c1-19-16(18)13(10-14-8-5-9-20-14)11-15(17)12-6-3-2-4-7-12/h2-10H,11H2,1H3/b13-10-. The lowest BCUT2D eigenvalue weighted by atomic mass is 10.0. The molecule has 2 rings (SSSR count). The van der Waals surface area contributed by atoms with Gasteiger partial charge in [-0.2, -0.15) is 0 Å². The van der Waals surface area contributed by atoms with Crippen molar-refractivity contribution in [3.63, 3.8) is 0 Å². The highest BCUT2D eigenvalue weighted by Crippen LogP contribution is 2.18. The highest BCUT2D eigenvalue weighted by Gasteiger charge is 2.16. The van der Waals surface area contributed by atoms with Gasteiger partial charge in [-0.15, -0.1) is 11.3 Å². The Hall–Kier alpha value is -2.20. The van der Waals surface area contributed by atoms with Gasteiger partial charge in [-0.1, -0.05) is 36.4 Å². The monoisotopic (exact) mass is 286 g/mol. The number of carbonyl (C=O) groups is 2. The molecule has 0 atom stereocenters. The Morgan fingerprint density at radius 2 is 1.90 bits per heavy atom. The van der Waals surface area contributed by atoms with Gasteiger partial charge in [0.05, 0.1) is 7.11 Å². The van der Waals surface area contributed by atoms with Gasteiger partial charge in [0.15, 0.2) is 5.78 Å². The maximum Gasteiger partial charge on any atom is 0.334 e. The third-order valence-electron chi connectivity index (χ3n) is 2.75. The Morgan fingerprint density at radius 1 is 1.15 bits per heavy atom. The van der Waals surface area contributed by atoms with Crippen molar-refractivity contribution < 1.29 is 14.3 Å². The summed E-state index contributed by atoms with van der Waals surface area (Å²) in [5.74, 6) is -0.568. The number of carbonyl (C=O) groups excluding carboxylic acids is 2. The molecule has 0 N–H and O–H groups in total. The molecule has 0 fully saturated rings. The first kappa shape index (κ1) is 14.2. The van der Waals surface area contributed by atoms with Gasteiger partial charge in [0, 0.05) is 22.4 Å². The number of esters is 1. The first-order chi connectivity index (χ1) is 9.70. The van der Waals surface area contributed by atoms with Crippen LogP contribution in [0, 0.1) is 0 Å². The van der Waals surface area contributed by atoms with E-state index in [2.05, 4.69) is 0 Å². The van der Waals surface area contributed by atoms with Crippen molar-refractivity contribution in [2.24, 2.45) is 0 Å². The van der Waals surface area contributed by atoms with Crippen molar-refractivity contribution in [2.45, 2.75) is 6.42 Å². The Labute approximate surface area is 121 Å². The van der Waals surface area contributed by atoms with E-state index in [1.54, 1.807) is 30.3 Å². The zero-order valence-electron chi connectivity index (χ0n) is 11.0. The van der Waals surface area contributed by atoms with E-state index < -0.39 is 5.97 Å². The molecule has 1 aromatic carbocycles. The lowest BCUT2D eigenvalue weighted by Gasteiger charge is -2.05. The Kier molecular flexibility index (Phi) is 4.85. The Morgan fingerprint density at radius 3 is 2.50 bits per heavy atom. The molecule has 0 bridgehead atoms. The van der Waals surface area contributed by atoms with E-state index in [1.165, 1.54) is 18.4 Å². The van der Waals surface area contributed by atoms with Crippen molar-refractivity contribution in [2.75, 3.05) is 7.11 Å². The van der Waals surface area contributed by atoms with E-state index in [4.69, 9.17) is 4.74 Å². The molecule has 0 amide bonds. The molecule has 0 aliphatic carbocycles. The Balaban J connectivity index is 2.21. The fraction of sp³-hybridized carbons (Fsp3) is 0.125. The molecule has 0 saturated carbocycles. The SMILES string of the molecule is COC(=O)/C(=C\c1cccs1)CC(=O)c1ccccc1. The van der Waals surface area contributed by atoms with Crippen LogP contribution >= 0.6 is 11.3 Å². The largest absolute Gasteiger partial charge is 0.466 e. The number of hydrogen-bond acceptors (Lipinski definition) is 4. The summed E-state index contributed by atoms with van der Waals surface area (Å²) in [4.78, 5) is 24.8. The molecule has 3 nitrogen and oxygen atoms in total. The van der Waals surface area contributed by atoms with Crippen molar-refractivity contribution in [1.82, 2.24) is 0 Å². The van der Waals surface area contributed by atoms with E-state index >= 15 is 0 Å². The first-order valence-electron chi connectivity index (χ1n) is 6.11. The number of Topliss-reactive ketones (excluding diaryl/α,β-unsaturated/α-hetero) is 1. The highest BCUT2D eigenvalue weighted by molar-refractivity contribution is 7.10. The van der Waals surface area contributed by atoms with Gasteiger partial charge < -0.3 is 4.74 Å². The van der Waals surface area contributed by atoms with Crippen LogP contribution in [0.2, 0.25) is 0 Å². The smallest absolute Gasteiger partial charge is 0.334 e. The maximum absolute atomic E-state index is 12.2. The molecule has 102 valence electrons. The molecular formula is C16H14O3S. The molecule has 0 spiro atoms. The molecule has 0 unspecified atom stereocenters. The van der Waals surface area contributed by atoms with Crippen LogP contribution in [0.4, 0.5) is 0 Å². The summed E-state index contributed by atoms with van der Waals surface area (Å²) in [5, 5.41) is 1.92. The fourth-order valence-corrected chi connectivity index (χ4v) is 2.44. The van der Waals surface area contributed by atoms with Gasteiger partial charge in [0.25, 0.3) is 0 Å². The van der Waals surface area contributed by atoms with Crippen LogP contribution in [-0.4, -0.2) is 18.9 Å². The molecule has 0 radical (unpaired) electrons. The summed E-state index contributed by atoms with van der Waals surface area (Å²) in [6.45, 7) is 0. The molecular weight excluding hydrogens is 272 g/mol. The second-order valence-corrected chi connectivity index (χ2v) is 5.12. The molecule has 0 aliphatic heterocycles. The number of benzene rings is 1. The second-order valence-electron chi connectivity index (χ2n) is 4.14. The van der Waals surface area contributed by atoms with Crippen molar-refractivity contribution in [3.8, 4) is 0 Å². The number of ketones is 1. The van der Waals surface area contributed by atoms with Crippen LogP contribution < -0.4 is 0 Å². The fourth-order valence-electron chi connectivity index (χ4n) is 1.76. The van der Waals surface area contributed by atoms with E-state index in [-0.39, 0.29) is 12.2 Å². The van der Waals surface area contributed by atoms with Gasteiger partial charge >= 0.3 is 5.97 Å². The normalized spacial score (nSPS) is 11.2. The van der Waals surface area contributed by atoms with Crippen LogP contribution in [-0.2, 0) is 9.53 Å². The van der Waals surface area contributed by atoms with Crippen LogP contribution in [0.15, 0.2) is 53.4 Å². The summed E-state index contributed by atoms with van der Waals surface area (Å²) >= 11 is 1.51. The first-order valence-corrected chi connectivity index (χ1v) is 6.99. The molecule has 0 aliphatic rings. The molecule has 2 aromatic rings. The third kappa shape index (κ3) is 3.65. The van der Waals surface area contributed by atoms with Crippen LogP contribution in [0.5, 0.6) is 0 Å². The minimum Gasteiger partial charge on any atom is -0.466 e. The van der Waals surface area contributed by atoms with Gasteiger partial charge in [-0.05, 0) is 17.5 Å². The average Bonchev–Trinajstić information content (AvgIpc) is 2.99. The quantitative estimate of drug-likeness (QED) is 0.479. The van der Waals surface area contributed by atoms with Gasteiger partial charge in [0.1, 0.15) is 0 Å². The van der Waals surface area contributed by atoms with E-state index in [0.29, 0.717) is 11.1 Å². The van der Waals surface area contributed by atoms with Crippen LogP contribution in [0.3, 0.4) is 0 Å². The second kappa shape index (κ2) is 6.82. The average molecular weight is 286 g/mol. The predicted molar refractivity (Wildman–Crippen MR) is 79.7 cm³/mol. The van der Waals surface area contributed by atoms with Crippen molar-refractivity contribution in [3.05, 3.63) is 63.9 Å². The lowest BCUT2D eigenvalue weighted by molar-refractivity contribution is -0.136. The number of thiophene rings is 1. The van der Waals surface area contributed by atoms with Crippen molar-refractivity contribution in [1.29, 1.82) is 0 Å². The van der Waals surface area contributed by atoms with Gasteiger partial charge in [0.2, 0.25) is 0 Å². The summed E-state index contributed by atoms with van der Waals surface area (Å²) in [7, 11) is 1.32. The molecule has 1 heterocycles. The summed E-state index contributed by atoms with van der Waals surface area (Å²) in [6, 6.07) is 12.7. The third-order valence-corrected chi connectivity index (χ3v) is 3.57. The summed E-state index contributed by atoms with van der Waals surface area (Å²) in [5.41, 5.74) is 0.956. The lowest BCUT2D eigenvalue weighted by Crippen LogP contribution is -2.10. The molecule has 0 saturated heterocycles. The maximum atomic E-state index is 12.2. The molecule has 1 aromatic heterocycles. The zero-order chi connectivity index (χ0) is 14.4. The minimum atomic E-state index is -0.470. The predicted octanol–water partition coefficient (Wildman–Crippen LogP) is 3.58. The topological polar surface area (TPSA) is 43.4 Å². The summed E-state index contributed by atoms with van der Waals surface area (Å²) < 4.78 is 4.74. The van der Waals surface area contributed by atoms with Crippen LogP contribution in [0.25, 0.3) is 6.08 Å². The highest BCUT2D eigenvalue weighted by atomic mass is 32.1. The number of ether oxygens (including phenoxy) is 1. The van der Waals surface area contributed by atoms with Crippen molar-refractivity contribution >= 4 is 29.2 Å². The van der Waals surface area contributed by atoms with Gasteiger partial charge in [-0.3, -0.25) is 4.79 Å². The van der Waals surface area contributed by atoms with E-state index in [1.807, 2.05) is 23.6 Å². The zero-order valence-corrected chi connectivity index (χ0v) is 11.9.